The maximum Gasteiger partial charge on any atom is 0.250 e. The maximum atomic E-state index is 12.1. The van der Waals surface area contributed by atoms with E-state index in [0.717, 1.165) is 30.0 Å². The van der Waals surface area contributed by atoms with Crippen LogP contribution in [0.15, 0.2) is 54.6 Å². The Morgan fingerprint density at radius 1 is 1.03 bits per heavy atom. The third-order valence-electron chi connectivity index (χ3n) is 4.42. The molecule has 0 spiro atoms. The topological polar surface area (TPSA) is 59.6 Å². The van der Waals surface area contributed by atoms with Crippen molar-refractivity contribution < 1.29 is 14.3 Å². The predicted molar refractivity (Wildman–Crippen MR) is 127 cm³/mol. The van der Waals surface area contributed by atoms with Crippen molar-refractivity contribution >= 4 is 35.0 Å². The Morgan fingerprint density at radius 3 is 2.50 bits per heavy atom. The van der Waals surface area contributed by atoms with Gasteiger partial charge in [0.15, 0.2) is 5.11 Å². The zero-order valence-electron chi connectivity index (χ0n) is 17.6. The Labute approximate surface area is 184 Å². The van der Waals surface area contributed by atoms with E-state index in [-0.39, 0.29) is 11.0 Å². The van der Waals surface area contributed by atoms with Gasteiger partial charge in [-0.2, -0.15) is 0 Å². The van der Waals surface area contributed by atoms with Crippen molar-refractivity contribution in [2.24, 2.45) is 0 Å². The zero-order valence-corrected chi connectivity index (χ0v) is 18.5. The van der Waals surface area contributed by atoms with Crippen LogP contribution in [0.1, 0.15) is 44.6 Å². The molecule has 2 aromatic carbocycles. The number of carbonyl (C=O) groups excluding carboxylic acids is 1. The molecule has 2 aromatic rings. The molecule has 0 heterocycles. The smallest absolute Gasteiger partial charge is 0.250 e. The van der Waals surface area contributed by atoms with Gasteiger partial charge in [0.25, 0.3) is 0 Å². The summed E-state index contributed by atoms with van der Waals surface area (Å²) in [5.41, 5.74) is 1.60. The lowest BCUT2D eigenvalue weighted by molar-refractivity contribution is -0.115. The van der Waals surface area contributed by atoms with Crippen LogP contribution < -0.4 is 20.1 Å². The molecular weight excluding hydrogens is 396 g/mol. The third-order valence-corrected chi connectivity index (χ3v) is 4.62. The van der Waals surface area contributed by atoms with Crippen LogP contribution >= 0.6 is 12.2 Å². The summed E-state index contributed by atoms with van der Waals surface area (Å²) < 4.78 is 11.0. The van der Waals surface area contributed by atoms with Gasteiger partial charge in [-0.05, 0) is 55.0 Å². The minimum atomic E-state index is -0.318. The molecule has 0 radical (unpaired) electrons. The van der Waals surface area contributed by atoms with E-state index in [0.29, 0.717) is 5.75 Å². The van der Waals surface area contributed by atoms with Crippen molar-refractivity contribution in [3.8, 4) is 11.5 Å². The molecule has 0 aliphatic carbocycles. The number of rotatable bonds is 11. The second-order valence-corrected chi connectivity index (χ2v) is 7.21. The molecule has 160 valence electrons. The summed E-state index contributed by atoms with van der Waals surface area (Å²) in [4.78, 5) is 12.1. The molecule has 5 nitrogen and oxygen atoms in total. The summed E-state index contributed by atoms with van der Waals surface area (Å²) in [6, 6.07) is 15.0. The van der Waals surface area contributed by atoms with Crippen LogP contribution in [0.2, 0.25) is 0 Å². The molecule has 0 aliphatic rings. The van der Waals surface area contributed by atoms with Crippen LogP contribution in [0.25, 0.3) is 6.08 Å². The molecule has 0 fully saturated rings. The fourth-order valence-electron chi connectivity index (χ4n) is 2.82. The molecule has 0 aromatic heterocycles. The lowest BCUT2D eigenvalue weighted by atomic mass is 10.2. The maximum absolute atomic E-state index is 12.1. The van der Waals surface area contributed by atoms with Crippen LogP contribution in [0.4, 0.5) is 5.69 Å². The highest BCUT2D eigenvalue weighted by molar-refractivity contribution is 7.80. The quantitative estimate of drug-likeness (QED) is 0.279. The number of nitrogens with one attached hydrogen (secondary N) is 2. The largest absolute Gasteiger partial charge is 0.496 e. The highest BCUT2D eigenvalue weighted by Gasteiger charge is 2.04. The second-order valence-electron chi connectivity index (χ2n) is 6.81. The third kappa shape index (κ3) is 8.66. The number of unbranched alkanes of at least 4 members (excludes halogenated alkanes) is 4. The Kier molecular flexibility index (Phi) is 10.4. The summed E-state index contributed by atoms with van der Waals surface area (Å²) in [6.07, 6.45) is 9.17. The van der Waals surface area contributed by atoms with Gasteiger partial charge in [-0.1, -0.05) is 50.8 Å². The standard InChI is InChI=1S/C24H30N2O3S/c1-3-4-5-6-9-18-29-21-15-13-20(14-16-21)25-24(30)26-23(27)17-12-19-10-7-8-11-22(19)28-2/h7-8,10-17H,3-6,9,18H2,1-2H3,(H2,25,26,27,30). The molecule has 2 rings (SSSR count). The van der Waals surface area contributed by atoms with E-state index in [1.807, 2.05) is 48.5 Å². The molecule has 0 bridgehead atoms. The van der Waals surface area contributed by atoms with Crippen molar-refractivity contribution in [1.82, 2.24) is 5.32 Å². The van der Waals surface area contributed by atoms with Crippen molar-refractivity contribution in [3.05, 3.63) is 60.2 Å². The van der Waals surface area contributed by atoms with Gasteiger partial charge in [0.2, 0.25) is 5.91 Å². The second kappa shape index (κ2) is 13.4. The van der Waals surface area contributed by atoms with Gasteiger partial charge in [0.1, 0.15) is 11.5 Å². The molecule has 0 atom stereocenters. The number of thiocarbonyl (C=S) groups is 1. The van der Waals surface area contributed by atoms with E-state index in [2.05, 4.69) is 17.6 Å². The van der Waals surface area contributed by atoms with Gasteiger partial charge >= 0.3 is 0 Å². The van der Waals surface area contributed by atoms with E-state index in [1.165, 1.54) is 31.8 Å². The Bertz CT molecular complexity index is 835. The fourth-order valence-corrected chi connectivity index (χ4v) is 3.03. The average Bonchev–Trinajstić information content (AvgIpc) is 2.76. The van der Waals surface area contributed by atoms with Crippen LogP contribution in [0.5, 0.6) is 11.5 Å². The summed E-state index contributed by atoms with van der Waals surface area (Å²) >= 11 is 5.21. The highest BCUT2D eigenvalue weighted by atomic mass is 32.1. The summed E-state index contributed by atoms with van der Waals surface area (Å²) in [5.74, 6) is 1.21. The Balaban J connectivity index is 1.75. The number of hydrogen-bond acceptors (Lipinski definition) is 4. The lowest BCUT2D eigenvalue weighted by Gasteiger charge is -2.10. The first-order chi connectivity index (χ1) is 14.6. The molecule has 30 heavy (non-hydrogen) atoms. The van der Waals surface area contributed by atoms with Crippen molar-refractivity contribution in [1.29, 1.82) is 0 Å². The van der Waals surface area contributed by atoms with Gasteiger partial charge in [-0.15, -0.1) is 0 Å². The van der Waals surface area contributed by atoms with Crippen molar-refractivity contribution in [3.63, 3.8) is 0 Å². The van der Waals surface area contributed by atoms with E-state index in [4.69, 9.17) is 21.7 Å². The molecule has 0 unspecified atom stereocenters. The first-order valence-corrected chi connectivity index (χ1v) is 10.7. The molecule has 1 amide bonds. The molecule has 0 saturated heterocycles. The minimum absolute atomic E-state index is 0.231. The van der Waals surface area contributed by atoms with E-state index in [9.17, 15) is 4.79 Å². The number of benzene rings is 2. The molecular formula is C24H30N2O3S. The summed E-state index contributed by atoms with van der Waals surface area (Å²) in [5, 5.41) is 5.86. The van der Waals surface area contributed by atoms with Crippen molar-refractivity contribution in [2.75, 3.05) is 19.0 Å². The molecule has 6 heteroatoms. The van der Waals surface area contributed by atoms with Crippen molar-refractivity contribution in [2.45, 2.75) is 39.0 Å². The highest BCUT2D eigenvalue weighted by Crippen LogP contribution is 2.19. The minimum Gasteiger partial charge on any atom is -0.496 e. The van der Waals surface area contributed by atoms with E-state index in [1.54, 1.807) is 13.2 Å². The van der Waals surface area contributed by atoms with Gasteiger partial charge in [0.05, 0.1) is 13.7 Å². The van der Waals surface area contributed by atoms with Crippen LogP contribution in [-0.2, 0) is 4.79 Å². The molecule has 2 N–H and O–H groups in total. The number of methoxy groups -OCH3 is 1. The van der Waals surface area contributed by atoms with E-state index >= 15 is 0 Å². The Hall–Kier alpha value is -2.86. The van der Waals surface area contributed by atoms with E-state index < -0.39 is 0 Å². The van der Waals surface area contributed by atoms with Gasteiger partial charge in [0, 0.05) is 17.3 Å². The number of hydrogen-bond donors (Lipinski definition) is 2. The van der Waals surface area contributed by atoms with Gasteiger partial charge in [-0.25, -0.2) is 0 Å². The zero-order chi connectivity index (χ0) is 21.6. The monoisotopic (exact) mass is 426 g/mol. The molecule has 0 aliphatic heterocycles. The van der Waals surface area contributed by atoms with Crippen LogP contribution in [-0.4, -0.2) is 24.7 Å². The number of para-hydroxylation sites is 1. The summed E-state index contributed by atoms with van der Waals surface area (Å²) in [7, 11) is 1.59. The van der Waals surface area contributed by atoms with Gasteiger partial charge in [-0.3, -0.25) is 10.1 Å². The number of amides is 1. The first-order valence-electron chi connectivity index (χ1n) is 10.3. The van der Waals surface area contributed by atoms with Gasteiger partial charge < -0.3 is 14.8 Å². The summed E-state index contributed by atoms with van der Waals surface area (Å²) in [6.45, 7) is 2.94. The normalized spacial score (nSPS) is 10.6. The lowest BCUT2D eigenvalue weighted by Crippen LogP contribution is -2.32. The molecule has 0 saturated carbocycles. The number of anilines is 1. The Morgan fingerprint density at radius 2 is 1.77 bits per heavy atom. The average molecular weight is 427 g/mol. The van der Waals surface area contributed by atoms with Crippen LogP contribution in [0.3, 0.4) is 0 Å². The fraction of sp³-hybridized carbons (Fsp3) is 0.333. The SMILES string of the molecule is CCCCCCCOc1ccc(NC(=S)NC(=O)C=Cc2ccccc2OC)cc1. The number of ether oxygens (including phenoxy) is 2. The number of carbonyl (C=O) groups is 1. The first kappa shape index (κ1) is 23.4. The predicted octanol–water partition coefficient (Wildman–Crippen LogP) is 5.57. The van der Waals surface area contributed by atoms with Crippen LogP contribution in [0, 0.1) is 0 Å².